The van der Waals surface area contributed by atoms with E-state index in [0.717, 1.165) is 53.0 Å². The van der Waals surface area contributed by atoms with Crippen molar-refractivity contribution in [2.24, 2.45) is 5.92 Å². The Balaban J connectivity index is 1.30. The second kappa shape index (κ2) is 14.9. The first kappa shape index (κ1) is 31.9. The molecule has 0 spiro atoms. The summed E-state index contributed by atoms with van der Waals surface area (Å²) >= 11 is 0. The molecule has 8 heteroatoms. The highest BCUT2D eigenvalue weighted by Gasteiger charge is 2.39. The fraction of sp³-hybridized carbons (Fsp3) is 0.444. The van der Waals surface area contributed by atoms with Crippen molar-refractivity contribution in [3.63, 3.8) is 0 Å². The molecule has 0 aliphatic carbocycles. The minimum absolute atomic E-state index is 0.0177. The van der Waals surface area contributed by atoms with Crippen molar-refractivity contribution in [1.29, 1.82) is 0 Å². The number of benzene rings is 3. The number of amides is 1. The van der Waals surface area contributed by atoms with E-state index in [1.165, 1.54) is 26.2 Å². The Morgan fingerprint density at radius 3 is 2.32 bits per heavy atom. The number of aliphatic hydroxyl groups excluding tert-OH is 1. The molecule has 5 rings (SSSR count). The lowest BCUT2D eigenvalue weighted by atomic mass is 9.89. The van der Waals surface area contributed by atoms with E-state index in [4.69, 9.17) is 14.2 Å². The molecule has 2 N–H and O–H groups in total. The molecule has 0 unspecified atom stereocenters. The number of aliphatic hydroxyl groups is 1. The molecule has 0 bridgehead atoms. The summed E-state index contributed by atoms with van der Waals surface area (Å²) in [4.78, 5) is 25.9. The van der Waals surface area contributed by atoms with Gasteiger partial charge in [-0.25, -0.2) is 0 Å². The molecule has 3 aromatic rings. The number of nitrogens with one attached hydrogen (secondary N) is 1. The SMILES string of the molecule is CC(=O)O[C@@H](C)C(=O)NCc1cccc(-c2ccc([C@@H]3O[C@H](CN4CCCCC4)[C@H](C)[C@H](c4ccc(CO)cc4)O3)cc2)c1. The summed E-state index contributed by atoms with van der Waals surface area (Å²) in [6.07, 6.45) is 2.30. The Bertz CT molecular complexity index is 1390. The average Bonchev–Trinajstić information content (AvgIpc) is 3.05. The highest BCUT2D eigenvalue weighted by molar-refractivity contribution is 5.82. The monoisotopic (exact) mass is 600 g/mol. The van der Waals surface area contributed by atoms with E-state index in [-0.39, 0.29) is 30.6 Å². The van der Waals surface area contributed by atoms with Gasteiger partial charge in [-0.1, -0.05) is 80.1 Å². The normalized spacial score (nSPS) is 23.1. The van der Waals surface area contributed by atoms with Crippen LogP contribution in [0.25, 0.3) is 11.1 Å². The third-order valence-corrected chi connectivity index (χ3v) is 8.63. The standard InChI is InChI=1S/C36H44N2O6/c1-24-33(22-38-18-5-4-6-19-38)43-36(44-34(24)30-12-10-27(23-39)11-13-30)31-16-14-29(15-17-31)32-9-7-8-28(20-32)21-37-35(41)25(2)42-26(3)40/h7-17,20,24-25,33-34,36,39H,4-6,18-19,21-23H2,1-3H3,(H,37,41)/t24-,25-,33+,34+,36+/m0/s1. The number of esters is 1. The lowest BCUT2D eigenvalue weighted by molar-refractivity contribution is -0.276. The predicted molar refractivity (Wildman–Crippen MR) is 168 cm³/mol. The molecule has 2 aliphatic heterocycles. The molecule has 3 aromatic carbocycles. The van der Waals surface area contributed by atoms with Crippen LogP contribution in [0.3, 0.4) is 0 Å². The second-order valence-corrected chi connectivity index (χ2v) is 12.0. The first-order valence-corrected chi connectivity index (χ1v) is 15.7. The third-order valence-electron chi connectivity index (χ3n) is 8.63. The Morgan fingerprint density at radius 2 is 1.64 bits per heavy atom. The van der Waals surface area contributed by atoms with Gasteiger partial charge in [0.25, 0.3) is 5.91 Å². The van der Waals surface area contributed by atoms with Crippen LogP contribution in [0.2, 0.25) is 0 Å². The van der Waals surface area contributed by atoms with Crippen molar-refractivity contribution in [3.05, 3.63) is 95.1 Å². The van der Waals surface area contributed by atoms with Gasteiger partial charge in [0.1, 0.15) is 0 Å². The van der Waals surface area contributed by atoms with Gasteiger partial charge in [0.15, 0.2) is 12.4 Å². The number of carbonyl (C=O) groups is 2. The van der Waals surface area contributed by atoms with Crippen molar-refractivity contribution in [2.75, 3.05) is 19.6 Å². The van der Waals surface area contributed by atoms with Gasteiger partial charge in [-0.15, -0.1) is 0 Å². The average molecular weight is 601 g/mol. The van der Waals surface area contributed by atoms with Crippen molar-refractivity contribution < 1.29 is 28.9 Å². The summed E-state index contributed by atoms with van der Waals surface area (Å²) < 4.78 is 18.3. The molecule has 44 heavy (non-hydrogen) atoms. The van der Waals surface area contributed by atoms with Crippen molar-refractivity contribution in [2.45, 2.75) is 77.8 Å². The molecule has 8 nitrogen and oxygen atoms in total. The van der Waals surface area contributed by atoms with E-state index in [1.807, 2.05) is 36.4 Å². The first-order chi connectivity index (χ1) is 21.3. The van der Waals surface area contributed by atoms with Crippen LogP contribution in [0.15, 0.2) is 72.8 Å². The molecule has 2 fully saturated rings. The summed E-state index contributed by atoms with van der Waals surface area (Å²) in [7, 11) is 0. The van der Waals surface area contributed by atoms with Gasteiger partial charge < -0.3 is 29.5 Å². The molecule has 0 aromatic heterocycles. The topological polar surface area (TPSA) is 97.3 Å². The minimum atomic E-state index is -0.839. The van der Waals surface area contributed by atoms with E-state index in [0.29, 0.717) is 6.54 Å². The van der Waals surface area contributed by atoms with E-state index in [2.05, 4.69) is 53.5 Å². The van der Waals surface area contributed by atoms with Crippen LogP contribution < -0.4 is 5.32 Å². The predicted octanol–water partition coefficient (Wildman–Crippen LogP) is 5.69. The van der Waals surface area contributed by atoms with Gasteiger partial charge in [-0.2, -0.15) is 0 Å². The number of piperidine rings is 1. The van der Waals surface area contributed by atoms with E-state index < -0.39 is 18.4 Å². The smallest absolute Gasteiger partial charge is 0.303 e. The summed E-state index contributed by atoms with van der Waals surface area (Å²) in [5.74, 6) is -0.660. The van der Waals surface area contributed by atoms with Crippen LogP contribution in [0.5, 0.6) is 0 Å². The molecule has 2 heterocycles. The third kappa shape index (κ3) is 8.12. The van der Waals surface area contributed by atoms with Gasteiger partial charge in [0.2, 0.25) is 0 Å². The Kier molecular flexibility index (Phi) is 10.8. The second-order valence-electron chi connectivity index (χ2n) is 12.0. The molecular formula is C36H44N2O6. The largest absolute Gasteiger partial charge is 0.453 e. The molecule has 234 valence electrons. The zero-order chi connectivity index (χ0) is 31.1. The van der Waals surface area contributed by atoms with Crippen LogP contribution in [-0.4, -0.2) is 53.7 Å². The summed E-state index contributed by atoms with van der Waals surface area (Å²) in [6.45, 7) is 8.50. The fourth-order valence-electron chi connectivity index (χ4n) is 6.05. The van der Waals surface area contributed by atoms with Crippen LogP contribution in [-0.2, 0) is 37.0 Å². The minimum Gasteiger partial charge on any atom is -0.453 e. The lowest BCUT2D eigenvalue weighted by Gasteiger charge is -2.43. The molecule has 0 saturated carbocycles. The van der Waals surface area contributed by atoms with Crippen molar-refractivity contribution >= 4 is 11.9 Å². The zero-order valence-corrected chi connectivity index (χ0v) is 25.9. The van der Waals surface area contributed by atoms with Gasteiger partial charge in [0.05, 0.1) is 18.8 Å². The van der Waals surface area contributed by atoms with Crippen molar-refractivity contribution in [1.82, 2.24) is 10.2 Å². The Labute approximate surface area is 260 Å². The van der Waals surface area contributed by atoms with Gasteiger partial charge >= 0.3 is 5.97 Å². The van der Waals surface area contributed by atoms with Crippen LogP contribution in [0.4, 0.5) is 0 Å². The summed E-state index contributed by atoms with van der Waals surface area (Å²) in [5, 5.41) is 12.4. The summed E-state index contributed by atoms with van der Waals surface area (Å²) in [6, 6.07) is 24.3. The van der Waals surface area contributed by atoms with Crippen molar-refractivity contribution in [3.8, 4) is 11.1 Å². The number of hydrogen-bond acceptors (Lipinski definition) is 7. The highest BCUT2D eigenvalue weighted by atomic mass is 16.7. The number of ether oxygens (including phenoxy) is 3. The Morgan fingerprint density at radius 1 is 0.932 bits per heavy atom. The van der Waals surface area contributed by atoms with E-state index in [9.17, 15) is 14.7 Å². The number of carbonyl (C=O) groups excluding carboxylic acids is 2. The van der Waals surface area contributed by atoms with Crippen LogP contribution in [0, 0.1) is 5.92 Å². The van der Waals surface area contributed by atoms with Crippen LogP contribution >= 0.6 is 0 Å². The lowest BCUT2D eigenvalue weighted by Crippen LogP contribution is -2.45. The molecule has 2 saturated heterocycles. The maximum atomic E-state index is 12.3. The highest BCUT2D eigenvalue weighted by Crippen LogP contribution is 2.42. The van der Waals surface area contributed by atoms with E-state index >= 15 is 0 Å². The summed E-state index contributed by atoms with van der Waals surface area (Å²) in [5.41, 5.74) is 5.95. The van der Waals surface area contributed by atoms with Gasteiger partial charge in [0, 0.05) is 31.5 Å². The van der Waals surface area contributed by atoms with Gasteiger partial charge in [-0.3, -0.25) is 9.59 Å². The fourth-order valence-corrected chi connectivity index (χ4v) is 6.05. The first-order valence-electron chi connectivity index (χ1n) is 15.7. The number of likely N-dealkylation sites (tertiary alicyclic amines) is 1. The number of rotatable bonds is 10. The van der Waals surface area contributed by atoms with E-state index in [1.54, 1.807) is 6.92 Å². The maximum absolute atomic E-state index is 12.3. The number of nitrogens with zero attached hydrogens (tertiary/aromatic N) is 1. The quantitative estimate of drug-likeness (QED) is 0.289. The van der Waals surface area contributed by atoms with Crippen LogP contribution in [0.1, 0.15) is 74.7 Å². The Hall–Kier alpha value is -3.56. The molecule has 1 amide bonds. The zero-order valence-electron chi connectivity index (χ0n) is 25.9. The molecule has 2 aliphatic rings. The molecule has 0 radical (unpaired) electrons. The molecule has 5 atom stereocenters. The number of hydrogen-bond donors (Lipinski definition) is 2. The molecular weight excluding hydrogens is 556 g/mol. The maximum Gasteiger partial charge on any atom is 0.303 e. The van der Waals surface area contributed by atoms with Gasteiger partial charge in [-0.05, 0) is 66.7 Å².